The summed E-state index contributed by atoms with van der Waals surface area (Å²) in [5.74, 6) is -0.139. The fourth-order valence-electron chi connectivity index (χ4n) is 3.01. The monoisotopic (exact) mass is 458 g/mol. The largest absolute Gasteiger partial charge is 0.343 e. The molecule has 1 radical (unpaired) electrons. The molecule has 11 heteroatoms. The summed E-state index contributed by atoms with van der Waals surface area (Å²) in [6.45, 7) is 7.99. The van der Waals surface area contributed by atoms with Crippen LogP contribution in [0.25, 0.3) is 0 Å². The normalized spacial score (nSPS) is 11.3. The Kier molecular flexibility index (Phi) is 9.31. The number of nitrogens with one attached hydrogen (secondary N) is 2. The zero-order valence-corrected chi connectivity index (χ0v) is 22.2. The molecule has 165 valence electrons. The predicted octanol–water partition coefficient (Wildman–Crippen LogP) is 2.50. The van der Waals surface area contributed by atoms with Gasteiger partial charge < -0.3 is 10.2 Å². The Balaban J connectivity index is 0.00000480. The molecule has 0 aliphatic carbocycles. The van der Waals surface area contributed by atoms with Crippen molar-refractivity contribution in [3.05, 3.63) is 41.1 Å². The number of rotatable bonds is 6. The van der Waals surface area contributed by atoms with E-state index in [1.165, 1.54) is 16.6 Å². The van der Waals surface area contributed by atoms with Crippen molar-refractivity contribution in [2.75, 3.05) is 19.4 Å². The summed E-state index contributed by atoms with van der Waals surface area (Å²) in [6, 6.07) is 5.97. The SMILES string of the molecule is CC(C)c1cccc(C(C)C)c1NC(=O)NS(=O)(=O)c1cc(C(=O)N(C)C)n(C)n1.[Na]. The molecular formula is C20H29N5NaO4S. The number of amides is 3. The molecule has 0 aliphatic heterocycles. The van der Waals surface area contributed by atoms with Crippen LogP contribution < -0.4 is 10.0 Å². The van der Waals surface area contributed by atoms with E-state index in [4.69, 9.17) is 0 Å². The average Bonchev–Trinajstić information content (AvgIpc) is 3.02. The van der Waals surface area contributed by atoms with Gasteiger partial charge in [-0.25, -0.2) is 9.52 Å². The Hall–Kier alpha value is -1.88. The van der Waals surface area contributed by atoms with Crippen molar-refractivity contribution in [3.8, 4) is 0 Å². The summed E-state index contributed by atoms with van der Waals surface area (Å²) < 4.78 is 28.5. The topological polar surface area (TPSA) is 113 Å². The summed E-state index contributed by atoms with van der Waals surface area (Å²) in [6.07, 6.45) is 0. The number of anilines is 1. The summed E-state index contributed by atoms with van der Waals surface area (Å²) in [5.41, 5.74) is 2.50. The molecule has 0 saturated heterocycles. The van der Waals surface area contributed by atoms with Crippen LogP contribution in [0.15, 0.2) is 29.3 Å². The average molecular weight is 459 g/mol. The van der Waals surface area contributed by atoms with Crippen molar-refractivity contribution in [3.63, 3.8) is 0 Å². The Bertz CT molecular complexity index is 1040. The van der Waals surface area contributed by atoms with E-state index in [9.17, 15) is 18.0 Å². The molecule has 0 bridgehead atoms. The van der Waals surface area contributed by atoms with Crippen molar-refractivity contribution >= 4 is 57.2 Å². The molecule has 0 atom stereocenters. The van der Waals surface area contributed by atoms with Gasteiger partial charge in [-0.2, -0.15) is 13.5 Å². The summed E-state index contributed by atoms with van der Waals surface area (Å²) >= 11 is 0. The van der Waals surface area contributed by atoms with Crippen LogP contribution in [0.5, 0.6) is 0 Å². The van der Waals surface area contributed by atoms with Gasteiger partial charge in [0.15, 0.2) is 5.03 Å². The van der Waals surface area contributed by atoms with E-state index in [1.807, 2.05) is 50.6 Å². The van der Waals surface area contributed by atoms with E-state index >= 15 is 0 Å². The minimum absolute atomic E-state index is 0. The number of hydrogen-bond acceptors (Lipinski definition) is 5. The third kappa shape index (κ3) is 6.31. The van der Waals surface area contributed by atoms with Crippen LogP contribution >= 0.6 is 0 Å². The van der Waals surface area contributed by atoms with Crippen LogP contribution in [0, 0.1) is 0 Å². The predicted molar refractivity (Wildman–Crippen MR) is 121 cm³/mol. The molecule has 31 heavy (non-hydrogen) atoms. The summed E-state index contributed by atoms with van der Waals surface area (Å²) in [4.78, 5) is 26.0. The van der Waals surface area contributed by atoms with E-state index < -0.39 is 27.0 Å². The maximum atomic E-state index is 12.7. The third-order valence-electron chi connectivity index (χ3n) is 4.60. The second kappa shape index (κ2) is 10.6. The number of urea groups is 1. The van der Waals surface area contributed by atoms with Gasteiger partial charge in [-0.1, -0.05) is 45.9 Å². The quantitative estimate of drug-likeness (QED) is 0.646. The number of hydrogen-bond donors (Lipinski definition) is 2. The molecule has 0 aliphatic rings. The Morgan fingerprint density at radius 2 is 1.58 bits per heavy atom. The van der Waals surface area contributed by atoms with Gasteiger partial charge in [-0.15, -0.1) is 0 Å². The van der Waals surface area contributed by atoms with Gasteiger partial charge in [0, 0.05) is 62.5 Å². The molecule has 1 aromatic heterocycles. The summed E-state index contributed by atoms with van der Waals surface area (Å²) in [5, 5.41) is 6.16. The van der Waals surface area contributed by atoms with Gasteiger partial charge in [-0.05, 0) is 23.0 Å². The van der Waals surface area contributed by atoms with Crippen LogP contribution in [0.4, 0.5) is 10.5 Å². The zero-order valence-electron chi connectivity index (χ0n) is 19.3. The number of benzene rings is 1. The van der Waals surface area contributed by atoms with Crippen LogP contribution in [0.2, 0.25) is 0 Å². The molecule has 2 N–H and O–H groups in total. The van der Waals surface area contributed by atoms with Crippen molar-refractivity contribution in [2.24, 2.45) is 7.05 Å². The van der Waals surface area contributed by atoms with Gasteiger partial charge >= 0.3 is 6.03 Å². The van der Waals surface area contributed by atoms with Crippen molar-refractivity contribution in [1.29, 1.82) is 0 Å². The first kappa shape index (κ1) is 27.2. The van der Waals surface area contributed by atoms with Crippen molar-refractivity contribution in [1.82, 2.24) is 19.4 Å². The number of para-hydroxylation sites is 1. The maximum absolute atomic E-state index is 12.7. The Morgan fingerprint density at radius 1 is 1.06 bits per heavy atom. The number of sulfonamides is 1. The number of aryl methyl sites for hydroxylation is 1. The van der Waals surface area contributed by atoms with Crippen LogP contribution in [-0.4, -0.2) is 78.7 Å². The smallest absolute Gasteiger partial charge is 0.333 e. The number of nitrogens with zero attached hydrogens (tertiary/aromatic N) is 3. The van der Waals surface area contributed by atoms with Crippen LogP contribution in [0.3, 0.4) is 0 Å². The number of aromatic nitrogens is 2. The van der Waals surface area contributed by atoms with E-state index in [-0.39, 0.29) is 47.1 Å². The van der Waals surface area contributed by atoms with E-state index in [0.29, 0.717) is 5.69 Å². The molecule has 3 amide bonds. The molecule has 1 aromatic carbocycles. The number of carbonyl (C=O) groups is 2. The van der Waals surface area contributed by atoms with Crippen LogP contribution in [0.1, 0.15) is 61.1 Å². The standard InChI is InChI=1S/C20H29N5O4S.Na/c1-12(2)14-9-8-10-15(13(3)4)18(14)21-20(27)23-30(28,29)17-11-16(25(7)22-17)19(26)24(5)6;/h8-13H,1-7H3,(H2,21,23,27);. The van der Waals surface area contributed by atoms with E-state index in [1.54, 1.807) is 14.1 Å². The Labute approximate surface area is 205 Å². The van der Waals surface area contributed by atoms with Crippen molar-refractivity contribution in [2.45, 2.75) is 44.6 Å². The van der Waals surface area contributed by atoms with Gasteiger partial charge in [0.1, 0.15) is 5.69 Å². The first-order valence-electron chi connectivity index (χ1n) is 9.57. The molecule has 2 aromatic rings. The third-order valence-corrected chi connectivity index (χ3v) is 5.80. The first-order chi connectivity index (χ1) is 13.8. The van der Waals surface area contributed by atoms with Gasteiger partial charge in [0.25, 0.3) is 15.9 Å². The van der Waals surface area contributed by atoms with Gasteiger partial charge in [0.2, 0.25) is 0 Å². The molecular weight excluding hydrogens is 429 g/mol. The van der Waals surface area contributed by atoms with E-state index in [2.05, 4.69) is 10.4 Å². The maximum Gasteiger partial charge on any atom is 0.333 e. The van der Waals surface area contributed by atoms with Crippen molar-refractivity contribution < 1.29 is 18.0 Å². The summed E-state index contributed by atoms with van der Waals surface area (Å²) in [7, 11) is 0.289. The minimum atomic E-state index is -4.27. The number of carbonyl (C=O) groups excluding carboxylic acids is 2. The molecule has 0 fully saturated rings. The van der Waals surface area contributed by atoms with Crippen LogP contribution in [-0.2, 0) is 17.1 Å². The molecule has 0 unspecified atom stereocenters. The second-order valence-electron chi connectivity index (χ2n) is 7.87. The second-order valence-corrected chi connectivity index (χ2v) is 9.50. The molecule has 1 heterocycles. The molecule has 9 nitrogen and oxygen atoms in total. The molecule has 2 rings (SSSR count). The van der Waals surface area contributed by atoms with E-state index in [0.717, 1.165) is 17.2 Å². The fraction of sp³-hybridized carbons (Fsp3) is 0.450. The zero-order chi connectivity index (χ0) is 22.8. The molecule has 0 spiro atoms. The fourth-order valence-corrected chi connectivity index (χ4v) is 3.91. The first-order valence-corrected chi connectivity index (χ1v) is 11.1. The molecule has 0 saturated carbocycles. The van der Waals surface area contributed by atoms with Gasteiger partial charge in [-0.3, -0.25) is 9.48 Å². The Morgan fingerprint density at radius 3 is 2.03 bits per heavy atom. The minimum Gasteiger partial charge on any atom is -0.343 e. The van der Waals surface area contributed by atoms with Gasteiger partial charge in [0.05, 0.1) is 0 Å².